The van der Waals surface area contributed by atoms with Crippen molar-refractivity contribution in [2.75, 3.05) is 0 Å². The first-order chi connectivity index (χ1) is 9.06. The number of rotatable bonds is 4. The number of benzene rings is 1. The standard InChI is InChI=1S/C14H14BrClN2O/c1-9(6-10-4-2-3-5-12(10)16)18-14(19)13-7-11(15)8-17-13/h2-5,7-9,17H,6H2,1H3,(H,18,19). The van der Waals surface area contributed by atoms with Crippen LogP contribution in [0.4, 0.5) is 0 Å². The lowest BCUT2D eigenvalue weighted by atomic mass is 10.1. The Balaban J connectivity index is 1.96. The average molecular weight is 342 g/mol. The molecule has 100 valence electrons. The van der Waals surface area contributed by atoms with Crippen LogP contribution in [-0.2, 0) is 6.42 Å². The molecule has 2 rings (SSSR count). The zero-order valence-corrected chi connectivity index (χ0v) is 12.8. The quantitative estimate of drug-likeness (QED) is 0.873. The lowest BCUT2D eigenvalue weighted by Gasteiger charge is -2.14. The van der Waals surface area contributed by atoms with Crippen LogP contribution in [0.1, 0.15) is 23.0 Å². The van der Waals surface area contributed by atoms with Crippen LogP contribution in [0.25, 0.3) is 0 Å². The van der Waals surface area contributed by atoms with E-state index in [0.29, 0.717) is 12.1 Å². The fraction of sp³-hybridized carbons (Fsp3) is 0.214. The summed E-state index contributed by atoms with van der Waals surface area (Å²) in [4.78, 5) is 14.8. The second-order valence-corrected chi connectivity index (χ2v) is 5.72. The fourth-order valence-corrected chi connectivity index (χ4v) is 2.40. The first kappa shape index (κ1) is 14.2. The molecule has 1 aromatic heterocycles. The van der Waals surface area contributed by atoms with Crippen LogP contribution in [0.2, 0.25) is 5.02 Å². The Kier molecular flexibility index (Phi) is 4.66. The van der Waals surface area contributed by atoms with Gasteiger partial charge in [0.15, 0.2) is 0 Å². The summed E-state index contributed by atoms with van der Waals surface area (Å²) >= 11 is 9.40. The summed E-state index contributed by atoms with van der Waals surface area (Å²) in [5.74, 6) is -0.120. The molecule has 1 amide bonds. The van der Waals surface area contributed by atoms with Crippen molar-refractivity contribution in [1.82, 2.24) is 10.3 Å². The molecule has 2 aromatic rings. The second kappa shape index (κ2) is 6.26. The molecule has 19 heavy (non-hydrogen) atoms. The number of hydrogen-bond donors (Lipinski definition) is 2. The molecule has 0 saturated heterocycles. The van der Waals surface area contributed by atoms with E-state index in [4.69, 9.17) is 11.6 Å². The Morgan fingerprint density at radius 2 is 2.21 bits per heavy atom. The van der Waals surface area contributed by atoms with Crippen LogP contribution < -0.4 is 5.32 Å². The van der Waals surface area contributed by atoms with E-state index in [1.54, 1.807) is 12.3 Å². The molecule has 0 aliphatic rings. The maximum atomic E-state index is 11.9. The summed E-state index contributed by atoms with van der Waals surface area (Å²) in [5, 5.41) is 3.66. The predicted octanol–water partition coefficient (Wildman–Crippen LogP) is 3.79. The summed E-state index contributed by atoms with van der Waals surface area (Å²) in [6, 6.07) is 9.42. The highest BCUT2D eigenvalue weighted by Gasteiger charge is 2.12. The van der Waals surface area contributed by atoms with Gasteiger partial charge in [-0.25, -0.2) is 0 Å². The molecule has 1 atom stereocenters. The molecule has 0 saturated carbocycles. The molecule has 0 fully saturated rings. The van der Waals surface area contributed by atoms with E-state index in [2.05, 4.69) is 26.2 Å². The molecule has 0 aliphatic carbocycles. The highest BCUT2D eigenvalue weighted by Crippen LogP contribution is 2.17. The Hall–Kier alpha value is -1.26. The van der Waals surface area contributed by atoms with Gasteiger partial charge in [0.2, 0.25) is 0 Å². The second-order valence-electron chi connectivity index (χ2n) is 4.40. The number of halogens is 2. The van der Waals surface area contributed by atoms with Gasteiger partial charge < -0.3 is 10.3 Å². The molecular weight excluding hydrogens is 328 g/mol. The zero-order chi connectivity index (χ0) is 13.8. The minimum atomic E-state index is -0.120. The van der Waals surface area contributed by atoms with E-state index in [-0.39, 0.29) is 11.9 Å². The van der Waals surface area contributed by atoms with Crippen molar-refractivity contribution >= 4 is 33.4 Å². The lowest BCUT2D eigenvalue weighted by Crippen LogP contribution is -2.34. The highest BCUT2D eigenvalue weighted by molar-refractivity contribution is 9.10. The van der Waals surface area contributed by atoms with Crippen LogP contribution in [0.5, 0.6) is 0 Å². The van der Waals surface area contributed by atoms with E-state index >= 15 is 0 Å². The minimum Gasteiger partial charge on any atom is -0.356 e. The molecule has 2 N–H and O–H groups in total. The third kappa shape index (κ3) is 3.85. The van der Waals surface area contributed by atoms with Crippen LogP contribution in [0.15, 0.2) is 41.0 Å². The van der Waals surface area contributed by atoms with E-state index in [9.17, 15) is 4.79 Å². The summed E-state index contributed by atoms with van der Waals surface area (Å²) in [5.41, 5.74) is 1.57. The van der Waals surface area contributed by atoms with Crippen LogP contribution >= 0.6 is 27.5 Å². The number of carbonyl (C=O) groups excluding carboxylic acids is 1. The first-order valence-corrected chi connectivity index (χ1v) is 7.11. The average Bonchev–Trinajstić information content (AvgIpc) is 2.79. The highest BCUT2D eigenvalue weighted by atomic mass is 79.9. The van der Waals surface area contributed by atoms with Crippen LogP contribution in [0.3, 0.4) is 0 Å². The summed E-state index contributed by atoms with van der Waals surface area (Å²) in [6.45, 7) is 1.96. The predicted molar refractivity (Wildman–Crippen MR) is 80.6 cm³/mol. The van der Waals surface area contributed by atoms with Crippen molar-refractivity contribution < 1.29 is 4.79 Å². The van der Waals surface area contributed by atoms with Crippen molar-refractivity contribution in [1.29, 1.82) is 0 Å². The number of hydrogen-bond acceptors (Lipinski definition) is 1. The van der Waals surface area contributed by atoms with Crippen molar-refractivity contribution in [2.45, 2.75) is 19.4 Å². The van der Waals surface area contributed by atoms with E-state index < -0.39 is 0 Å². The SMILES string of the molecule is CC(Cc1ccccc1Cl)NC(=O)c1cc(Br)c[nH]1. The van der Waals surface area contributed by atoms with E-state index in [1.165, 1.54) is 0 Å². The van der Waals surface area contributed by atoms with Gasteiger partial charge in [0, 0.05) is 21.7 Å². The van der Waals surface area contributed by atoms with Gasteiger partial charge in [-0.05, 0) is 47.0 Å². The molecule has 0 bridgehead atoms. The van der Waals surface area contributed by atoms with Gasteiger partial charge in [0.05, 0.1) is 0 Å². The molecular formula is C14H14BrClN2O. The number of H-pyrrole nitrogens is 1. The molecule has 0 aliphatic heterocycles. The molecule has 0 radical (unpaired) electrons. The number of amides is 1. The van der Waals surface area contributed by atoms with Gasteiger partial charge in [0.25, 0.3) is 5.91 Å². The Morgan fingerprint density at radius 1 is 1.47 bits per heavy atom. The molecule has 5 heteroatoms. The number of nitrogens with one attached hydrogen (secondary N) is 2. The Labute approximate surface area is 125 Å². The maximum absolute atomic E-state index is 11.9. The van der Waals surface area contributed by atoms with Crippen molar-refractivity contribution in [3.63, 3.8) is 0 Å². The summed E-state index contributed by atoms with van der Waals surface area (Å²) < 4.78 is 0.858. The first-order valence-electron chi connectivity index (χ1n) is 5.94. The van der Waals surface area contributed by atoms with Crippen molar-refractivity contribution in [3.05, 3.63) is 57.3 Å². The van der Waals surface area contributed by atoms with Gasteiger partial charge in [-0.2, -0.15) is 0 Å². The van der Waals surface area contributed by atoms with Crippen molar-refractivity contribution in [3.8, 4) is 0 Å². The van der Waals surface area contributed by atoms with E-state index in [0.717, 1.165) is 15.1 Å². The summed E-state index contributed by atoms with van der Waals surface area (Å²) in [7, 11) is 0. The minimum absolute atomic E-state index is 0.00877. The van der Waals surface area contributed by atoms with Gasteiger partial charge in [-0.1, -0.05) is 29.8 Å². The van der Waals surface area contributed by atoms with Gasteiger partial charge >= 0.3 is 0 Å². The Bertz CT molecular complexity index is 582. The van der Waals surface area contributed by atoms with E-state index in [1.807, 2.05) is 31.2 Å². The number of aromatic nitrogens is 1. The molecule has 1 heterocycles. The molecule has 0 spiro atoms. The van der Waals surface area contributed by atoms with Gasteiger partial charge in [-0.15, -0.1) is 0 Å². The molecule has 1 aromatic carbocycles. The van der Waals surface area contributed by atoms with Gasteiger partial charge in [0.1, 0.15) is 5.69 Å². The summed E-state index contributed by atoms with van der Waals surface area (Å²) in [6.07, 6.45) is 2.43. The molecule has 3 nitrogen and oxygen atoms in total. The third-order valence-corrected chi connectivity index (χ3v) is 3.58. The van der Waals surface area contributed by atoms with Crippen LogP contribution in [0, 0.1) is 0 Å². The number of carbonyl (C=O) groups is 1. The lowest BCUT2D eigenvalue weighted by molar-refractivity contribution is 0.0935. The molecule has 1 unspecified atom stereocenters. The topological polar surface area (TPSA) is 44.9 Å². The largest absolute Gasteiger partial charge is 0.356 e. The monoisotopic (exact) mass is 340 g/mol. The maximum Gasteiger partial charge on any atom is 0.267 e. The van der Waals surface area contributed by atoms with Crippen LogP contribution in [-0.4, -0.2) is 16.9 Å². The van der Waals surface area contributed by atoms with Gasteiger partial charge in [-0.3, -0.25) is 4.79 Å². The zero-order valence-electron chi connectivity index (χ0n) is 10.4. The third-order valence-electron chi connectivity index (χ3n) is 2.75. The van der Waals surface area contributed by atoms with Crippen molar-refractivity contribution in [2.24, 2.45) is 0 Å². The fourth-order valence-electron chi connectivity index (χ4n) is 1.85. The smallest absolute Gasteiger partial charge is 0.267 e. The Morgan fingerprint density at radius 3 is 2.84 bits per heavy atom. The number of aromatic amines is 1. The normalized spacial score (nSPS) is 12.2.